The maximum Gasteiger partial charge on any atom is 0.0404 e. The van der Waals surface area contributed by atoms with Gasteiger partial charge < -0.3 is 0 Å². The predicted octanol–water partition coefficient (Wildman–Crippen LogP) is 3.11. The highest BCUT2D eigenvalue weighted by molar-refractivity contribution is 5.98. The van der Waals surface area contributed by atoms with Crippen LogP contribution < -0.4 is 0 Å². The monoisotopic (exact) mass is 149 g/mol. The molecule has 0 aliphatic rings. The molecule has 0 saturated heterocycles. The van der Waals surface area contributed by atoms with E-state index in [4.69, 9.17) is 0 Å². The lowest BCUT2D eigenvalue weighted by atomic mass is 10.1. The van der Waals surface area contributed by atoms with Crippen LogP contribution in [0.3, 0.4) is 0 Å². The molecule has 0 rings (SSSR count). The van der Waals surface area contributed by atoms with E-state index in [0.717, 1.165) is 11.3 Å². The Balaban J connectivity index is 4.72. The highest BCUT2D eigenvalue weighted by atomic mass is 14.7. The van der Waals surface area contributed by atoms with Crippen molar-refractivity contribution in [2.75, 3.05) is 0 Å². The quantitative estimate of drug-likeness (QED) is 0.432. The smallest absolute Gasteiger partial charge is 0.0404 e. The molecule has 0 aromatic heterocycles. The lowest BCUT2D eigenvalue weighted by molar-refractivity contribution is 1.38. The highest BCUT2D eigenvalue weighted by Gasteiger charge is 1.95. The molecule has 0 N–H and O–H groups in total. The van der Waals surface area contributed by atoms with Crippen LogP contribution in [0.4, 0.5) is 0 Å². The molecule has 0 aliphatic heterocycles. The van der Waals surface area contributed by atoms with Crippen molar-refractivity contribution in [1.82, 2.24) is 0 Å². The van der Waals surface area contributed by atoms with Gasteiger partial charge in [-0.3, -0.25) is 4.99 Å². The van der Waals surface area contributed by atoms with Crippen LogP contribution in [0.5, 0.6) is 0 Å². The van der Waals surface area contributed by atoms with Gasteiger partial charge in [-0.2, -0.15) is 0 Å². The molecule has 0 atom stereocenters. The summed E-state index contributed by atoms with van der Waals surface area (Å²) in [7, 11) is 0. The van der Waals surface area contributed by atoms with Gasteiger partial charge in [0.05, 0.1) is 0 Å². The Hall–Kier alpha value is -1.11. The zero-order valence-electron chi connectivity index (χ0n) is 7.52. The van der Waals surface area contributed by atoms with Gasteiger partial charge in [0.15, 0.2) is 0 Å². The molecule has 0 fully saturated rings. The van der Waals surface area contributed by atoms with Crippen molar-refractivity contribution in [2.45, 2.75) is 20.8 Å². The number of allylic oxidation sites excluding steroid dienone is 3. The Morgan fingerprint density at radius 2 is 1.73 bits per heavy atom. The van der Waals surface area contributed by atoms with Crippen molar-refractivity contribution >= 4 is 5.71 Å². The van der Waals surface area contributed by atoms with Crippen LogP contribution in [0.1, 0.15) is 20.8 Å². The molecule has 1 heteroatoms. The van der Waals surface area contributed by atoms with Gasteiger partial charge >= 0.3 is 0 Å². The summed E-state index contributed by atoms with van der Waals surface area (Å²) in [6.07, 6.45) is 3.38. The third-order valence-electron chi connectivity index (χ3n) is 1.73. The van der Waals surface area contributed by atoms with Crippen molar-refractivity contribution < 1.29 is 0 Å². The molecule has 0 aromatic carbocycles. The summed E-state index contributed by atoms with van der Waals surface area (Å²) >= 11 is 0. The molecule has 0 heterocycles. The Kier molecular flexibility index (Phi) is 4.20. The van der Waals surface area contributed by atoms with E-state index in [1.807, 2.05) is 26.8 Å². The summed E-state index contributed by atoms with van der Waals surface area (Å²) in [5, 5.41) is 0. The van der Waals surface area contributed by atoms with Gasteiger partial charge in [0.2, 0.25) is 0 Å². The second-order valence-electron chi connectivity index (χ2n) is 2.41. The fraction of sp³-hybridized carbons (Fsp3) is 0.300. The van der Waals surface area contributed by atoms with E-state index < -0.39 is 0 Å². The topological polar surface area (TPSA) is 12.4 Å². The molecule has 1 nitrogen and oxygen atoms in total. The van der Waals surface area contributed by atoms with Crippen molar-refractivity contribution in [3.63, 3.8) is 0 Å². The Morgan fingerprint density at radius 3 is 2.09 bits per heavy atom. The minimum Gasteiger partial charge on any atom is -0.262 e. The van der Waals surface area contributed by atoms with Crippen molar-refractivity contribution in [2.24, 2.45) is 4.99 Å². The highest BCUT2D eigenvalue weighted by Crippen LogP contribution is 2.06. The lowest BCUT2D eigenvalue weighted by Crippen LogP contribution is -1.94. The van der Waals surface area contributed by atoms with E-state index >= 15 is 0 Å². The minimum absolute atomic E-state index is 0.998. The molecule has 0 unspecified atom stereocenters. The molecule has 0 amide bonds. The first-order valence-electron chi connectivity index (χ1n) is 3.59. The zero-order chi connectivity index (χ0) is 8.85. The third kappa shape index (κ3) is 2.99. The second-order valence-corrected chi connectivity index (χ2v) is 2.41. The number of hydrogen-bond donors (Lipinski definition) is 0. The Morgan fingerprint density at radius 1 is 1.18 bits per heavy atom. The summed E-state index contributed by atoms with van der Waals surface area (Å²) in [5.41, 5.74) is 3.32. The molecule has 11 heavy (non-hydrogen) atoms. The first kappa shape index (κ1) is 9.89. The molecule has 0 saturated carbocycles. The van der Waals surface area contributed by atoms with Gasteiger partial charge in [0.1, 0.15) is 0 Å². The van der Waals surface area contributed by atoms with Gasteiger partial charge in [-0.15, -0.1) is 0 Å². The maximum absolute atomic E-state index is 4.07. The summed E-state index contributed by atoms with van der Waals surface area (Å²) in [5.74, 6) is 0. The van der Waals surface area contributed by atoms with E-state index in [1.165, 1.54) is 5.57 Å². The van der Waals surface area contributed by atoms with Crippen LogP contribution in [0.25, 0.3) is 0 Å². The van der Waals surface area contributed by atoms with Crippen LogP contribution in [-0.4, -0.2) is 5.71 Å². The van der Waals surface area contributed by atoms with Crippen LogP contribution in [0.15, 0.2) is 41.6 Å². The van der Waals surface area contributed by atoms with E-state index in [2.05, 4.69) is 18.2 Å². The lowest BCUT2D eigenvalue weighted by Gasteiger charge is -2.01. The van der Waals surface area contributed by atoms with Gasteiger partial charge in [-0.05, 0) is 31.9 Å². The molecule has 60 valence electrons. The van der Waals surface area contributed by atoms with E-state index in [-0.39, 0.29) is 0 Å². The Bertz CT molecular complexity index is 219. The molecular weight excluding hydrogens is 134 g/mol. The van der Waals surface area contributed by atoms with Gasteiger partial charge in [0.25, 0.3) is 0 Å². The minimum atomic E-state index is 0.998. The summed E-state index contributed by atoms with van der Waals surface area (Å²) in [4.78, 5) is 4.07. The molecule has 0 aromatic rings. The van der Waals surface area contributed by atoms with Crippen molar-refractivity contribution in [3.8, 4) is 0 Å². The first-order chi connectivity index (χ1) is 5.13. The van der Waals surface area contributed by atoms with E-state index in [1.54, 1.807) is 6.20 Å². The number of nitrogens with zero attached hydrogens (tertiary/aromatic N) is 1. The number of rotatable bonds is 3. The largest absolute Gasteiger partial charge is 0.262 e. The molecular formula is C10H15N. The maximum atomic E-state index is 4.07. The van der Waals surface area contributed by atoms with Crippen LogP contribution in [0.2, 0.25) is 0 Å². The number of hydrogen-bond acceptors (Lipinski definition) is 1. The normalized spacial score (nSPS) is 13.9. The summed E-state index contributed by atoms with van der Waals surface area (Å²) < 4.78 is 0. The van der Waals surface area contributed by atoms with E-state index in [9.17, 15) is 0 Å². The third-order valence-corrected chi connectivity index (χ3v) is 1.73. The van der Waals surface area contributed by atoms with Crippen LogP contribution in [0, 0.1) is 0 Å². The standard InChI is InChI=1S/C10H15N/c1-6-8(3)9(4)10(5)11-7-2/h6-7H,1-2H2,3-5H3/b9-8-,11-10?. The van der Waals surface area contributed by atoms with Gasteiger partial charge in [-0.25, -0.2) is 0 Å². The van der Waals surface area contributed by atoms with E-state index in [0.29, 0.717) is 0 Å². The van der Waals surface area contributed by atoms with Crippen molar-refractivity contribution in [1.29, 1.82) is 0 Å². The Labute approximate surface area is 68.9 Å². The summed E-state index contributed by atoms with van der Waals surface area (Å²) in [6.45, 7) is 13.2. The fourth-order valence-electron chi connectivity index (χ4n) is 0.672. The second kappa shape index (κ2) is 4.67. The van der Waals surface area contributed by atoms with Gasteiger partial charge in [0, 0.05) is 11.9 Å². The molecule has 0 spiro atoms. The van der Waals surface area contributed by atoms with Gasteiger partial charge in [-0.1, -0.05) is 19.2 Å². The average Bonchev–Trinajstić information content (AvgIpc) is 2.02. The molecule has 0 aliphatic carbocycles. The van der Waals surface area contributed by atoms with Crippen LogP contribution >= 0.6 is 0 Å². The zero-order valence-corrected chi connectivity index (χ0v) is 7.52. The molecule has 0 radical (unpaired) electrons. The van der Waals surface area contributed by atoms with Crippen LogP contribution in [-0.2, 0) is 0 Å². The molecule has 0 bridgehead atoms. The fourth-order valence-corrected chi connectivity index (χ4v) is 0.672. The van der Waals surface area contributed by atoms with Crippen molar-refractivity contribution in [3.05, 3.63) is 36.6 Å². The summed E-state index contributed by atoms with van der Waals surface area (Å²) in [6, 6.07) is 0. The first-order valence-corrected chi connectivity index (χ1v) is 3.59. The number of aliphatic imine (C=N–C) groups is 1. The average molecular weight is 149 g/mol. The SMILES string of the molecule is C=CN=C(C)/C(C)=C(/C)C=C. The predicted molar refractivity (Wildman–Crippen MR) is 51.9 cm³/mol.